The Morgan fingerprint density at radius 3 is 2.11 bits per heavy atom. The van der Waals surface area contributed by atoms with Gasteiger partial charge in [0.05, 0.1) is 0 Å². The van der Waals surface area contributed by atoms with Gasteiger partial charge in [0.2, 0.25) is 5.91 Å². The second-order valence-electron chi connectivity index (χ2n) is 5.85. The summed E-state index contributed by atoms with van der Waals surface area (Å²) >= 11 is 3.41. The van der Waals surface area contributed by atoms with Gasteiger partial charge in [-0.2, -0.15) is 0 Å². The van der Waals surface area contributed by atoms with E-state index in [1.165, 1.54) is 6.92 Å². The number of carbonyl (C=O) groups is 1. The molecule has 136 valence electrons. The molecule has 1 aromatic heterocycles. The number of benzene rings is 2. The molecular weight excluding hydrogens is 410 g/mol. The number of aromatic nitrogens is 2. The Morgan fingerprint density at radius 2 is 1.52 bits per heavy atom. The zero-order chi connectivity index (χ0) is 19.4. The number of rotatable bonds is 3. The number of halogens is 1. The molecule has 0 saturated heterocycles. The first-order valence-electron chi connectivity index (χ1n) is 8.10. The summed E-state index contributed by atoms with van der Waals surface area (Å²) in [4.78, 5) is 40.9. The van der Waals surface area contributed by atoms with Gasteiger partial charge in [0.15, 0.2) is 0 Å². The van der Waals surface area contributed by atoms with Gasteiger partial charge in [-0.15, -0.1) is 0 Å². The van der Waals surface area contributed by atoms with Gasteiger partial charge < -0.3 is 15.3 Å². The smallest absolute Gasteiger partial charge is 0.272 e. The van der Waals surface area contributed by atoms with E-state index in [0.717, 1.165) is 10.0 Å². The van der Waals surface area contributed by atoms with Crippen molar-refractivity contribution < 1.29 is 4.79 Å². The van der Waals surface area contributed by atoms with Gasteiger partial charge in [-0.1, -0.05) is 46.3 Å². The summed E-state index contributed by atoms with van der Waals surface area (Å²) in [6, 6.07) is 14.3. The minimum absolute atomic E-state index is 0.150. The molecule has 0 unspecified atom stereocenters. The van der Waals surface area contributed by atoms with Crippen LogP contribution < -0.4 is 27.1 Å². The average molecular weight is 426 g/mol. The van der Waals surface area contributed by atoms with Crippen molar-refractivity contribution in [3.05, 3.63) is 95.5 Å². The molecule has 0 aliphatic heterocycles. The summed E-state index contributed by atoms with van der Waals surface area (Å²) in [5.74, 6) is -0.163. The SMILES string of the molecule is CC(=O)Nc1ccc(C=c2[nH]c(=O)c(=Cc3ccccc3Br)[nH]c2=O)cc1. The van der Waals surface area contributed by atoms with E-state index in [-0.39, 0.29) is 16.6 Å². The van der Waals surface area contributed by atoms with Crippen LogP contribution in [0.5, 0.6) is 0 Å². The van der Waals surface area contributed by atoms with Crippen LogP contribution in [0.15, 0.2) is 62.6 Å². The van der Waals surface area contributed by atoms with E-state index in [1.807, 2.05) is 24.3 Å². The predicted octanol–water partition coefficient (Wildman–Crippen LogP) is 1.44. The first-order chi connectivity index (χ1) is 12.9. The molecule has 0 aliphatic rings. The van der Waals surface area contributed by atoms with Crippen LogP contribution in [-0.4, -0.2) is 15.9 Å². The van der Waals surface area contributed by atoms with Gasteiger partial charge in [-0.05, 0) is 41.5 Å². The number of H-pyrrole nitrogens is 2. The number of hydrogen-bond donors (Lipinski definition) is 3. The third-order valence-corrected chi connectivity index (χ3v) is 4.45. The number of hydrogen-bond acceptors (Lipinski definition) is 3. The number of anilines is 1. The molecule has 2 aromatic carbocycles. The van der Waals surface area contributed by atoms with Gasteiger partial charge in [-0.25, -0.2) is 0 Å². The van der Waals surface area contributed by atoms with E-state index in [1.54, 1.807) is 36.4 Å². The average Bonchev–Trinajstić information content (AvgIpc) is 2.62. The summed E-state index contributed by atoms with van der Waals surface area (Å²) in [6.45, 7) is 1.43. The lowest BCUT2D eigenvalue weighted by Gasteiger charge is -2.01. The Balaban J connectivity index is 2.01. The van der Waals surface area contributed by atoms with Crippen molar-refractivity contribution in [1.82, 2.24) is 9.97 Å². The highest BCUT2D eigenvalue weighted by Crippen LogP contribution is 2.15. The van der Waals surface area contributed by atoms with Crippen molar-refractivity contribution in [1.29, 1.82) is 0 Å². The Bertz CT molecular complexity index is 1220. The fraction of sp³-hybridized carbons (Fsp3) is 0.0500. The van der Waals surface area contributed by atoms with Gasteiger partial charge in [0.1, 0.15) is 10.7 Å². The van der Waals surface area contributed by atoms with Crippen LogP contribution >= 0.6 is 15.9 Å². The van der Waals surface area contributed by atoms with Crippen molar-refractivity contribution in [3.8, 4) is 0 Å². The number of carbonyl (C=O) groups excluding carboxylic acids is 1. The van der Waals surface area contributed by atoms with Crippen LogP contribution in [0.25, 0.3) is 12.2 Å². The Labute approximate surface area is 162 Å². The van der Waals surface area contributed by atoms with E-state index in [0.29, 0.717) is 11.3 Å². The number of nitrogens with one attached hydrogen (secondary N) is 3. The summed E-state index contributed by atoms with van der Waals surface area (Å²) in [6.07, 6.45) is 3.18. The maximum atomic E-state index is 12.3. The summed E-state index contributed by atoms with van der Waals surface area (Å²) in [5, 5.41) is 2.99. The summed E-state index contributed by atoms with van der Waals surface area (Å²) in [7, 11) is 0. The number of amides is 1. The highest BCUT2D eigenvalue weighted by atomic mass is 79.9. The molecule has 3 rings (SSSR count). The van der Waals surface area contributed by atoms with Crippen molar-refractivity contribution in [2.75, 3.05) is 5.32 Å². The molecule has 0 spiro atoms. The maximum absolute atomic E-state index is 12.3. The molecule has 1 amide bonds. The summed E-state index contributed by atoms with van der Waals surface area (Å²) < 4.78 is 0.820. The van der Waals surface area contributed by atoms with Crippen molar-refractivity contribution in [2.24, 2.45) is 0 Å². The molecule has 0 aliphatic carbocycles. The molecule has 3 N–H and O–H groups in total. The normalized spacial score (nSPS) is 12.2. The zero-order valence-corrected chi connectivity index (χ0v) is 16.0. The molecule has 3 aromatic rings. The highest BCUT2D eigenvalue weighted by molar-refractivity contribution is 9.10. The molecule has 1 heterocycles. The minimum Gasteiger partial charge on any atom is -0.326 e. The van der Waals surface area contributed by atoms with Crippen molar-refractivity contribution in [2.45, 2.75) is 6.92 Å². The fourth-order valence-electron chi connectivity index (χ4n) is 2.48. The van der Waals surface area contributed by atoms with E-state index >= 15 is 0 Å². The Morgan fingerprint density at radius 1 is 0.926 bits per heavy atom. The van der Waals surface area contributed by atoms with Crippen molar-refractivity contribution in [3.63, 3.8) is 0 Å². The quantitative estimate of drug-likeness (QED) is 0.592. The van der Waals surface area contributed by atoms with E-state index in [9.17, 15) is 14.4 Å². The molecule has 0 atom stereocenters. The first-order valence-corrected chi connectivity index (χ1v) is 8.90. The fourth-order valence-corrected chi connectivity index (χ4v) is 2.88. The van der Waals surface area contributed by atoms with Crippen LogP contribution in [0, 0.1) is 0 Å². The molecule has 0 radical (unpaired) electrons. The summed E-state index contributed by atoms with van der Waals surface area (Å²) in [5.41, 5.74) is 1.35. The lowest BCUT2D eigenvalue weighted by molar-refractivity contribution is -0.114. The molecule has 0 saturated carbocycles. The highest BCUT2D eigenvalue weighted by Gasteiger charge is 2.00. The van der Waals surface area contributed by atoms with E-state index < -0.39 is 11.1 Å². The topological polar surface area (TPSA) is 94.8 Å². The third kappa shape index (κ3) is 4.71. The zero-order valence-electron chi connectivity index (χ0n) is 14.4. The van der Waals surface area contributed by atoms with Gasteiger partial charge >= 0.3 is 0 Å². The Hall–Kier alpha value is -3.19. The molecule has 0 bridgehead atoms. The molecule has 7 heteroatoms. The second kappa shape index (κ2) is 8.01. The molecule has 27 heavy (non-hydrogen) atoms. The van der Waals surface area contributed by atoms with Crippen LogP contribution in [-0.2, 0) is 4.79 Å². The molecule has 0 fully saturated rings. The van der Waals surface area contributed by atoms with Gasteiger partial charge in [0, 0.05) is 17.1 Å². The van der Waals surface area contributed by atoms with Crippen LogP contribution in [0.1, 0.15) is 18.1 Å². The van der Waals surface area contributed by atoms with Crippen LogP contribution in [0.3, 0.4) is 0 Å². The first kappa shape index (κ1) is 18.6. The monoisotopic (exact) mass is 425 g/mol. The number of aromatic amines is 2. The maximum Gasteiger partial charge on any atom is 0.272 e. The minimum atomic E-state index is -0.404. The lowest BCUT2D eigenvalue weighted by atomic mass is 10.2. The van der Waals surface area contributed by atoms with E-state index in [4.69, 9.17) is 0 Å². The lowest BCUT2D eigenvalue weighted by Crippen LogP contribution is -2.46. The van der Waals surface area contributed by atoms with Gasteiger partial charge in [-0.3, -0.25) is 14.4 Å². The van der Waals surface area contributed by atoms with Crippen molar-refractivity contribution >= 4 is 39.7 Å². The van der Waals surface area contributed by atoms with Gasteiger partial charge in [0.25, 0.3) is 11.1 Å². The standard InChI is InChI=1S/C20H16BrN3O3/c1-12(25)22-15-8-6-13(7-9-15)10-17-19(26)24-18(20(27)23-17)11-14-4-2-3-5-16(14)21/h2-11H,1H3,(H,22,25)(H,23,27)(H,24,26). The van der Waals surface area contributed by atoms with E-state index in [2.05, 4.69) is 31.2 Å². The molecular formula is C20H16BrN3O3. The second-order valence-corrected chi connectivity index (χ2v) is 6.70. The Kier molecular flexibility index (Phi) is 5.52. The largest absolute Gasteiger partial charge is 0.326 e. The van der Waals surface area contributed by atoms with Crippen LogP contribution in [0.4, 0.5) is 5.69 Å². The molecule has 6 nitrogen and oxygen atoms in total. The predicted molar refractivity (Wildman–Crippen MR) is 109 cm³/mol. The van der Waals surface area contributed by atoms with Crippen LogP contribution in [0.2, 0.25) is 0 Å². The third-order valence-electron chi connectivity index (χ3n) is 3.73.